The molecule has 4 nitrogen and oxygen atoms in total. The largest absolute Gasteiger partial charge is 0.478 e. The summed E-state index contributed by atoms with van der Waals surface area (Å²) in [6, 6.07) is 7.99. The number of likely N-dealkylation sites (tertiary alicyclic amines) is 1. The van der Waals surface area contributed by atoms with Gasteiger partial charge in [-0.05, 0) is 30.5 Å². The first-order chi connectivity index (χ1) is 9.54. The lowest BCUT2D eigenvalue weighted by Gasteiger charge is -2.48. The number of nitrogens with zero attached hydrogens (tertiary/aromatic N) is 1. The highest BCUT2D eigenvalue weighted by molar-refractivity contribution is 5.87. The zero-order chi connectivity index (χ0) is 14.2. The molecule has 0 spiro atoms. The molecule has 0 amide bonds. The van der Waals surface area contributed by atoms with E-state index in [0.717, 1.165) is 32.2 Å². The Morgan fingerprint density at radius 2 is 2.00 bits per heavy atom. The van der Waals surface area contributed by atoms with Gasteiger partial charge in [0.2, 0.25) is 0 Å². The van der Waals surface area contributed by atoms with Gasteiger partial charge in [-0.1, -0.05) is 19.1 Å². The highest BCUT2D eigenvalue weighted by Crippen LogP contribution is 2.31. The van der Waals surface area contributed by atoms with E-state index in [0.29, 0.717) is 11.0 Å². The normalized spacial score (nSPS) is 21.4. The molecule has 0 unspecified atom stereocenters. The van der Waals surface area contributed by atoms with Crippen LogP contribution in [0.4, 0.5) is 0 Å². The van der Waals surface area contributed by atoms with Crippen molar-refractivity contribution in [2.45, 2.75) is 32.4 Å². The Labute approximate surface area is 119 Å². The summed E-state index contributed by atoms with van der Waals surface area (Å²) in [5.74, 6) is -0.862. The molecule has 0 aromatic heterocycles. The number of rotatable bonds is 6. The van der Waals surface area contributed by atoms with E-state index in [4.69, 9.17) is 5.11 Å². The molecular formula is C16H22N2O2. The second kappa shape index (κ2) is 5.19. The van der Waals surface area contributed by atoms with Gasteiger partial charge in [0, 0.05) is 37.6 Å². The third kappa shape index (κ3) is 3.19. The molecule has 2 N–H and O–H groups in total. The summed E-state index contributed by atoms with van der Waals surface area (Å²) >= 11 is 0. The van der Waals surface area contributed by atoms with E-state index in [-0.39, 0.29) is 0 Å². The van der Waals surface area contributed by atoms with E-state index >= 15 is 0 Å². The predicted octanol–water partition coefficient (Wildman–Crippen LogP) is 1.96. The van der Waals surface area contributed by atoms with Crippen molar-refractivity contribution in [2.24, 2.45) is 5.41 Å². The van der Waals surface area contributed by atoms with Crippen LogP contribution in [-0.2, 0) is 6.54 Å². The first-order valence-electron chi connectivity index (χ1n) is 7.32. The summed E-state index contributed by atoms with van der Waals surface area (Å²) in [5.41, 5.74) is 1.95. The SMILES string of the molecule is CC1(CNC2CC2)CN(Cc2ccc(C(=O)O)cc2)C1. The zero-order valence-corrected chi connectivity index (χ0v) is 11.9. The van der Waals surface area contributed by atoms with Crippen molar-refractivity contribution in [3.05, 3.63) is 35.4 Å². The summed E-state index contributed by atoms with van der Waals surface area (Å²) < 4.78 is 0. The third-order valence-electron chi connectivity index (χ3n) is 4.21. The Bertz CT molecular complexity index is 488. The summed E-state index contributed by atoms with van der Waals surface area (Å²) in [6.07, 6.45) is 2.69. The van der Waals surface area contributed by atoms with Crippen LogP contribution in [0.1, 0.15) is 35.7 Å². The van der Waals surface area contributed by atoms with Gasteiger partial charge in [0.1, 0.15) is 0 Å². The van der Waals surface area contributed by atoms with Gasteiger partial charge in [-0.15, -0.1) is 0 Å². The molecule has 3 rings (SSSR count). The number of carbonyl (C=O) groups is 1. The van der Waals surface area contributed by atoms with Gasteiger partial charge in [-0.2, -0.15) is 0 Å². The van der Waals surface area contributed by atoms with Crippen molar-refractivity contribution in [1.82, 2.24) is 10.2 Å². The van der Waals surface area contributed by atoms with Gasteiger partial charge in [0.05, 0.1) is 5.56 Å². The first-order valence-corrected chi connectivity index (χ1v) is 7.32. The number of carboxylic acid groups (broad SMARTS) is 1. The smallest absolute Gasteiger partial charge is 0.335 e. The minimum Gasteiger partial charge on any atom is -0.478 e. The zero-order valence-electron chi connectivity index (χ0n) is 11.9. The van der Waals surface area contributed by atoms with Crippen LogP contribution in [0.15, 0.2) is 24.3 Å². The fraction of sp³-hybridized carbons (Fsp3) is 0.562. The molecule has 0 radical (unpaired) electrons. The van der Waals surface area contributed by atoms with Crippen molar-refractivity contribution >= 4 is 5.97 Å². The average Bonchev–Trinajstić information content (AvgIpc) is 3.19. The Balaban J connectivity index is 1.46. The molecule has 2 aliphatic rings. The maximum Gasteiger partial charge on any atom is 0.335 e. The molecule has 1 aliphatic heterocycles. The number of hydrogen-bond acceptors (Lipinski definition) is 3. The lowest BCUT2D eigenvalue weighted by atomic mass is 9.81. The lowest BCUT2D eigenvalue weighted by Crippen LogP contribution is -2.58. The second-order valence-corrected chi connectivity index (χ2v) is 6.61. The van der Waals surface area contributed by atoms with Crippen LogP contribution in [0.2, 0.25) is 0 Å². The Morgan fingerprint density at radius 3 is 2.55 bits per heavy atom. The quantitative estimate of drug-likeness (QED) is 0.832. The van der Waals surface area contributed by atoms with E-state index in [9.17, 15) is 4.79 Å². The molecule has 1 aromatic rings. The molecule has 108 valence electrons. The van der Waals surface area contributed by atoms with Crippen molar-refractivity contribution in [3.63, 3.8) is 0 Å². The molecule has 20 heavy (non-hydrogen) atoms. The van der Waals surface area contributed by atoms with Crippen LogP contribution in [0.5, 0.6) is 0 Å². The van der Waals surface area contributed by atoms with E-state index < -0.39 is 5.97 Å². The summed E-state index contributed by atoms with van der Waals surface area (Å²) in [6.45, 7) is 6.61. The van der Waals surface area contributed by atoms with Gasteiger partial charge in [-0.3, -0.25) is 4.90 Å². The molecular weight excluding hydrogens is 252 g/mol. The van der Waals surface area contributed by atoms with E-state index in [1.54, 1.807) is 12.1 Å². The highest BCUT2D eigenvalue weighted by Gasteiger charge is 2.39. The first kappa shape index (κ1) is 13.6. The maximum atomic E-state index is 10.8. The summed E-state index contributed by atoms with van der Waals surface area (Å²) in [7, 11) is 0. The molecule has 2 fully saturated rings. The van der Waals surface area contributed by atoms with Crippen LogP contribution in [0.25, 0.3) is 0 Å². The van der Waals surface area contributed by atoms with Crippen LogP contribution < -0.4 is 5.32 Å². The van der Waals surface area contributed by atoms with Crippen molar-refractivity contribution in [2.75, 3.05) is 19.6 Å². The standard InChI is InChI=1S/C16H22N2O2/c1-16(9-17-14-6-7-14)10-18(11-16)8-12-2-4-13(5-3-12)15(19)20/h2-5,14,17H,6-11H2,1H3,(H,19,20). The maximum absolute atomic E-state index is 10.8. The van der Waals surface area contributed by atoms with E-state index in [1.165, 1.54) is 18.4 Å². The predicted molar refractivity (Wildman–Crippen MR) is 77.8 cm³/mol. The Hall–Kier alpha value is -1.39. The van der Waals surface area contributed by atoms with Crippen molar-refractivity contribution in [1.29, 1.82) is 0 Å². The van der Waals surface area contributed by atoms with Crippen LogP contribution in [0, 0.1) is 5.41 Å². The molecule has 4 heteroatoms. The van der Waals surface area contributed by atoms with Gasteiger partial charge in [-0.25, -0.2) is 4.79 Å². The Kier molecular flexibility index (Phi) is 3.52. The van der Waals surface area contributed by atoms with E-state index in [1.807, 2.05) is 12.1 Å². The number of carboxylic acids is 1. The third-order valence-corrected chi connectivity index (χ3v) is 4.21. The number of aromatic carboxylic acids is 1. The van der Waals surface area contributed by atoms with Crippen molar-refractivity contribution in [3.8, 4) is 0 Å². The second-order valence-electron chi connectivity index (χ2n) is 6.61. The molecule has 1 heterocycles. The van der Waals surface area contributed by atoms with Crippen LogP contribution in [-0.4, -0.2) is 41.7 Å². The average molecular weight is 274 g/mol. The summed E-state index contributed by atoms with van der Waals surface area (Å²) in [5, 5.41) is 12.5. The van der Waals surface area contributed by atoms with E-state index in [2.05, 4.69) is 17.1 Å². The number of nitrogens with one attached hydrogen (secondary N) is 1. The fourth-order valence-electron chi connectivity index (χ4n) is 2.95. The molecule has 1 saturated carbocycles. The van der Waals surface area contributed by atoms with Gasteiger partial charge in [0.25, 0.3) is 0 Å². The monoisotopic (exact) mass is 274 g/mol. The number of hydrogen-bond donors (Lipinski definition) is 2. The fourth-order valence-corrected chi connectivity index (χ4v) is 2.95. The van der Waals surface area contributed by atoms with Crippen molar-refractivity contribution < 1.29 is 9.90 Å². The minimum atomic E-state index is -0.862. The molecule has 1 aliphatic carbocycles. The molecule has 1 saturated heterocycles. The van der Waals surface area contributed by atoms with Gasteiger partial charge >= 0.3 is 5.97 Å². The van der Waals surface area contributed by atoms with Crippen LogP contribution in [0.3, 0.4) is 0 Å². The highest BCUT2D eigenvalue weighted by atomic mass is 16.4. The number of benzene rings is 1. The molecule has 0 bridgehead atoms. The van der Waals surface area contributed by atoms with Gasteiger partial charge in [0.15, 0.2) is 0 Å². The molecule has 1 aromatic carbocycles. The minimum absolute atomic E-state index is 0.357. The topological polar surface area (TPSA) is 52.6 Å². The lowest BCUT2D eigenvalue weighted by molar-refractivity contribution is 0.00948. The van der Waals surface area contributed by atoms with Gasteiger partial charge < -0.3 is 10.4 Å². The summed E-state index contributed by atoms with van der Waals surface area (Å²) in [4.78, 5) is 13.2. The Morgan fingerprint density at radius 1 is 1.35 bits per heavy atom. The van der Waals surface area contributed by atoms with Crippen LogP contribution >= 0.6 is 0 Å². The molecule has 0 atom stereocenters.